The molecule has 2 aliphatic heterocycles. The Balaban J connectivity index is 2.14. The van der Waals surface area contributed by atoms with Gasteiger partial charge in [-0.1, -0.05) is 0 Å². The zero-order valence-electron chi connectivity index (χ0n) is 16.0. The molecule has 1 saturated heterocycles. The first-order valence-corrected chi connectivity index (χ1v) is 9.32. The molecule has 153 valence electrons. The van der Waals surface area contributed by atoms with Gasteiger partial charge in [0.15, 0.2) is 0 Å². The van der Waals surface area contributed by atoms with Gasteiger partial charge in [0.1, 0.15) is 5.92 Å². The van der Waals surface area contributed by atoms with Crippen LogP contribution in [0.2, 0.25) is 0 Å². The van der Waals surface area contributed by atoms with Crippen LogP contribution in [-0.2, 0) is 42.7 Å². The second-order valence-electron chi connectivity index (χ2n) is 6.63. The lowest BCUT2D eigenvalue weighted by Crippen LogP contribution is -2.35. The van der Waals surface area contributed by atoms with Gasteiger partial charge in [-0.15, -0.1) is 0 Å². The minimum absolute atomic E-state index is 0.0604. The molecule has 1 aromatic heterocycles. The average Bonchev–Trinajstić information content (AvgIpc) is 3.27. The molecule has 9 heteroatoms. The van der Waals surface area contributed by atoms with Crippen LogP contribution in [0.5, 0.6) is 0 Å². The summed E-state index contributed by atoms with van der Waals surface area (Å²) in [5.41, 5.74) is 0.613. The molecule has 0 aliphatic carbocycles. The number of alkyl halides is 1. The first-order valence-electron chi connectivity index (χ1n) is 9.32. The Kier molecular flexibility index (Phi) is 6.14. The Morgan fingerprint density at radius 3 is 2.68 bits per heavy atom. The highest BCUT2D eigenvalue weighted by atomic mass is 19.1. The summed E-state index contributed by atoms with van der Waals surface area (Å²) in [5.74, 6) is -1.98. The molecule has 1 aromatic rings. The number of ether oxygens (including phenoxy) is 3. The monoisotopic (exact) mass is 395 g/mol. The van der Waals surface area contributed by atoms with Crippen LogP contribution in [0.15, 0.2) is 10.9 Å². The Labute approximate surface area is 161 Å². The summed E-state index contributed by atoms with van der Waals surface area (Å²) < 4.78 is 31.4. The van der Waals surface area contributed by atoms with Crippen molar-refractivity contribution in [1.82, 2.24) is 9.88 Å². The number of hydrogen-bond acceptors (Lipinski definition) is 6. The lowest BCUT2D eigenvalue weighted by molar-refractivity contribution is -0.163. The van der Waals surface area contributed by atoms with E-state index >= 15 is 0 Å². The quantitative estimate of drug-likeness (QED) is 0.690. The summed E-state index contributed by atoms with van der Waals surface area (Å²) >= 11 is 0. The van der Waals surface area contributed by atoms with Gasteiger partial charge in [0.25, 0.3) is 5.56 Å². The number of pyridine rings is 1. The van der Waals surface area contributed by atoms with E-state index in [0.29, 0.717) is 31.9 Å². The number of carbonyl (C=O) groups is 2. The van der Waals surface area contributed by atoms with Gasteiger partial charge in [-0.3, -0.25) is 18.8 Å². The standard InChI is InChI=1S/C19H24FN2O6/c1-3-26-18(25)13(4-6-20)14-10-16-19(27-8-9-28-19)5-7-22(16)17(24)15(14)11-21-12(2)23/h10H,3-9,11H2,1-2H3,(H,21,23). The molecule has 0 bridgehead atoms. The van der Waals surface area contributed by atoms with Gasteiger partial charge >= 0.3 is 5.97 Å². The van der Waals surface area contributed by atoms with Crippen LogP contribution in [0.3, 0.4) is 0 Å². The summed E-state index contributed by atoms with van der Waals surface area (Å²) in [6, 6.07) is 1.64. The highest BCUT2D eigenvalue weighted by Crippen LogP contribution is 2.41. The molecule has 28 heavy (non-hydrogen) atoms. The SMILES string of the molecule is CCOC(=O)[C](CCF)c1cc2n(c(=O)c1CNC(C)=O)CCC21OCCO1. The zero-order chi connectivity index (χ0) is 20.3. The molecule has 8 nitrogen and oxygen atoms in total. The average molecular weight is 395 g/mol. The van der Waals surface area contributed by atoms with E-state index in [-0.39, 0.29) is 48.1 Å². The van der Waals surface area contributed by atoms with Crippen LogP contribution in [0.1, 0.15) is 43.5 Å². The minimum Gasteiger partial charge on any atom is -0.465 e. The number of nitrogens with one attached hydrogen (secondary N) is 1. The van der Waals surface area contributed by atoms with E-state index in [2.05, 4.69) is 5.32 Å². The number of esters is 1. The maximum Gasteiger partial charge on any atom is 0.318 e. The van der Waals surface area contributed by atoms with E-state index in [1.165, 1.54) is 11.5 Å². The van der Waals surface area contributed by atoms with E-state index in [9.17, 15) is 18.8 Å². The molecule has 0 aromatic carbocycles. The van der Waals surface area contributed by atoms with Crippen LogP contribution in [0, 0.1) is 5.92 Å². The van der Waals surface area contributed by atoms with Gasteiger partial charge < -0.3 is 24.1 Å². The number of aromatic nitrogens is 1. The molecule has 2 aliphatic rings. The number of rotatable bonds is 7. The van der Waals surface area contributed by atoms with Crippen LogP contribution >= 0.6 is 0 Å². The molecule has 0 atom stereocenters. The van der Waals surface area contributed by atoms with E-state index < -0.39 is 18.4 Å². The number of nitrogens with zero attached hydrogens (tertiary/aromatic N) is 1. The van der Waals surface area contributed by atoms with Crippen LogP contribution in [-0.4, -0.2) is 42.9 Å². The first-order chi connectivity index (χ1) is 13.4. The highest BCUT2D eigenvalue weighted by molar-refractivity contribution is 5.90. The van der Waals surface area contributed by atoms with E-state index in [1.54, 1.807) is 13.0 Å². The minimum atomic E-state index is -1.03. The molecular weight excluding hydrogens is 371 g/mol. The smallest absolute Gasteiger partial charge is 0.318 e. The van der Waals surface area contributed by atoms with Crippen molar-refractivity contribution >= 4 is 11.9 Å². The number of halogens is 1. The third kappa shape index (κ3) is 3.68. The number of amides is 1. The van der Waals surface area contributed by atoms with Crippen molar-refractivity contribution in [2.75, 3.05) is 26.5 Å². The number of carbonyl (C=O) groups excluding carboxylic acids is 2. The Morgan fingerprint density at radius 1 is 1.36 bits per heavy atom. The van der Waals surface area contributed by atoms with Gasteiger partial charge in [-0.2, -0.15) is 0 Å². The summed E-state index contributed by atoms with van der Waals surface area (Å²) in [5, 5.41) is 2.59. The molecule has 0 saturated carbocycles. The van der Waals surface area contributed by atoms with Gasteiger partial charge in [-0.05, 0) is 25.0 Å². The fraction of sp³-hybridized carbons (Fsp3) is 0.579. The summed E-state index contributed by atoms with van der Waals surface area (Å²) in [6.07, 6.45) is 0.257. The second kappa shape index (κ2) is 8.40. The van der Waals surface area contributed by atoms with E-state index in [4.69, 9.17) is 14.2 Å². The molecule has 1 radical (unpaired) electrons. The molecule has 3 rings (SSSR count). The third-order valence-electron chi connectivity index (χ3n) is 4.91. The highest BCUT2D eigenvalue weighted by Gasteiger charge is 2.46. The first kappa shape index (κ1) is 20.5. The van der Waals surface area contributed by atoms with Crippen molar-refractivity contribution in [2.24, 2.45) is 0 Å². The predicted molar refractivity (Wildman–Crippen MR) is 96.0 cm³/mol. The largest absolute Gasteiger partial charge is 0.465 e. The van der Waals surface area contributed by atoms with E-state index in [0.717, 1.165) is 0 Å². The van der Waals surface area contributed by atoms with Crippen LogP contribution in [0.25, 0.3) is 0 Å². The van der Waals surface area contributed by atoms with Gasteiger partial charge in [0, 0.05) is 32.0 Å². The summed E-state index contributed by atoms with van der Waals surface area (Å²) in [4.78, 5) is 37.0. The lowest BCUT2D eigenvalue weighted by Gasteiger charge is -2.24. The lowest BCUT2D eigenvalue weighted by atomic mass is 9.91. The normalized spacial score (nSPS) is 17.1. The number of fused-ring (bicyclic) bond motifs is 2. The van der Waals surface area contributed by atoms with Gasteiger partial charge in [-0.25, -0.2) is 0 Å². The van der Waals surface area contributed by atoms with Crippen molar-refractivity contribution < 1.29 is 28.2 Å². The Hall–Kier alpha value is -2.26. The molecule has 1 spiro atoms. The molecular formula is C19H24FN2O6. The predicted octanol–water partition coefficient (Wildman–Crippen LogP) is 0.933. The molecule has 1 amide bonds. The maximum absolute atomic E-state index is 13.2. The van der Waals surface area contributed by atoms with Crippen molar-refractivity contribution in [2.45, 2.75) is 45.6 Å². The van der Waals surface area contributed by atoms with E-state index in [1.807, 2.05) is 0 Å². The van der Waals surface area contributed by atoms with Crippen LogP contribution < -0.4 is 10.9 Å². The van der Waals surface area contributed by atoms with Gasteiger partial charge in [0.2, 0.25) is 11.7 Å². The zero-order valence-corrected chi connectivity index (χ0v) is 16.0. The van der Waals surface area contributed by atoms with Crippen LogP contribution in [0.4, 0.5) is 4.39 Å². The van der Waals surface area contributed by atoms with Crippen molar-refractivity contribution in [3.63, 3.8) is 0 Å². The number of hydrogen-bond donors (Lipinski definition) is 1. The molecule has 1 N–H and O–H groups in total. The third-order valence-corrected chi connectivity index (χ3v) is 4.91. The topological polar surface area (TPSA) is 95.9 Å². The molecule has 1 fully saturated rings. The van der Waals surface area contributed by atoms with Gasteiger partial charge in [0.05, 0.1) is 32.2 Å². The van der Waals surface area contributed by atoms with Crippen molar-refractivity contribution in [3.8, 4) is 0 Å². The Bertz CT molecular complexity index is 815. The van der Waals surface area contributed by atoms with Crippen molar-refractivity contribution in [3.05, 3.63) is 39.2 Å². The maximum atomic E-state index is 13.2. The fourth-order valence-electron chi connectivity index (χ4n) is 3.67. The Morgan fingerprint density at radius 2 is 2.07 bits per heavy atom. The molecule has 3 heterocycles. The van der Waals surface area contributed by atoms with Crippen molar-refractivity contribution in [1.29, 1.82) is 0 Å². The second-order valence-corrected chi connectivity index (χ2v) is 6.63. The fourth-order valence-corrected chi connectivity index (χ4v) is 3.67. The summed E-state index contributed by atoms with van der Waals surface area (Å²) in [7, 11) is 0. The molecule has 0 unspecified atom stereocenters. The summed E-state index contributed by atoms with van der Waals surface area (Å²) in [6.45, 7) is 3.42.